The van der Waals surface area contributed by atoms with Gasteiger partial charge < -0.3 is 18.9 Å². The molecule has 1 aliphatic heterocycles. The monoisotopic (exact) mass is 382 g/mol. The summed E-state index contributed by atoms with van der Waals surface area (Å²) in [7, 11) is 0. The maximum Gasteiger partial charge on any atom is 0.344 e. The first kappa shape index (κ1) is 19.5. The molecule has 0 amide bonds. The average molecular weight is 382 g/mol. The lowest BCUT2D eigenvalue weighted by molar-refractivity contribution is -0.149. The maximum absolute atomic E-state index is 12.5. The van der Waals surface area contributed by atoms with E-state index in [0.717, 1.165) is 11.3 Å². The van der Waals surface area contributed by atoms with Crippen molar-refractivity contribution in [2.45, 2.75) is 26.9 Å². The van der Waals surface area contributed by atoms with Crippen LogP contribution in [0.4, 0.5) is 0 Å². The van der Waals surface area contributed by atoms with Crippen LogP contribution in [0.2, 0.25) is 0 Å². The largest absolute Gasteiger partial charge is 0.494 e. The van der Waals surface area contributed by atoms with E-state index in [0.29, 0.717) is 23.7 Å². The van der Waals surface area contributed by atoms with Crippen LogP contribution in [0.25, 0.3) is 6.08 Å². The van der Waals surface area contributed by atoms with Gasteiger partial charge in [-0.15, -0.1) is 0 Å². The number of carbonyl (C=O) groups is 2. The highest BCUT2D eigenvalue weighted by molar-refractivity contribution is 6.14. The summed E-state index contributed by atoms with van der Waals surface area (Å²) in [6.45, 7) is 5.84. The van der Waals surface area contributed by atoms with Crippen LogP contribution in [0.15, 0.2) is 48.2 Å². The fourth-order valence-electron chi connectivity index (χ4n) is 2.67. The summed E-state index contributed by atoms with van der Waals surface area (Å²) >= 11 is 0. The molecule has 0 fully saturated rings. The van der Waals surface area contributed by atoms with Crippen LogP contribution in [0.3, 0.4) is 0 Å². The molecule has 2 aromatic carbocycles. The lowest BCUT2D eigenvalue weighted by Gasteiger charge is -2.09. The minimum Gasteiger partial charge on any atom is -0.494 e. The van der Waals surface area contributed by atoms with Crippen molar-refractivity contribution in [2.24, 2.45) is 0 Å². The van der Waals surface area contributed by atoms with Crippen molar-refractivity contribution in [3.05, 3.63) is 59.4 Å². The molecule has 6 nitrogen and oxygen atoms in total. The second-order valence-corrected chi connectivity index (χ2v) is 6.43. The van der Waals surface area contributed by atoms with Gasteiger partial charge in [0, 0.05) is 6.07 Å². The average Bonchev–Trinajstić information content (AvgIpc) is 2.96. The van der Waals surface area contributed by atoms with Crippen molar-refractivity contribution in [2.75, 3.05) is 13.2 Å². The Balaban J connectivity index is 1.69. The molecule has 0 unspecified atom stereocenters. The molecule has 2 aromatic rings. The molecule has 0 aliphatic carbocycles. The van der Waals surface area contributed by atoms with Crippen LogP contribution in [0.1, 0.15) is 36.7 Å². The van der Waals surface area contributed by atoms with E-state index >= 15 is 0 Å². The molecule has 0 saturated heterocycles. The molecule has 0 atom stereocenters. The van der Waals surface area contributed by atoms with Gasteiger partial charge in [-0.25, -0.2) is 4.79 Å². The Kier molecular flexibility index (Phi) is 5.99. The summed E-state index contributed by atoms with van der Waals surface area (Å²) in [5, 5.41) is 0. The number of esters is 1. The highest BCUT2D eigenvalue weighted by Crippen LogP contribution is 2.35. The van der Waals surface area contributed by atoms with Crippen molar-refractivity contribution in [3.63, 3.8) is 0 Å². The Morgan fingerprint density at radius 1 is 1.07 bits per heavy atom. The van der Waals surface area contributed by atoms with Crippen LogP contribution < -0.4 is 14.2 Å². The van der Waals surface area contributed by atoms with Gasteiger partial charge in [0.2, 0.25) is 5.78 Å². The van der Waals surface area contributed by atoms with Crippen molar-refractivity contribution < 1.29 is 28.5 Å². The third kappa shape index (κ3) is 4.71. The van der Waals surface area contributed by atoms with E-state index in [9.17, 15) is 9.59 Å². The Hall–Kier alpha value is -3.28. The van der Waals surface area contributed by atoms with E-state index in [-0.39, 0.29) is 24.3 Å². The van der Waals surface area contributed by atoms with Gasteiger partial charge in [0.25, 0.3) is 0 Å². The molecule has 0 saturated carbocycles. The van der Waals surface area contributed by atoms with Gasteiger partial charge in [0.15, 0.2) is 12.4 Å². The first-order chi connectivity index (χ1) is 13.5. The standard InChI is InChI=1S/C22H22O6/c1-4-25-16-7-5-15(6-8-16)11-20-22(24)18-10-9-17(12-19(18)28-20)26-13-21(23)27-14(2)3/h5-12,14H,4,13H2,1-3H3/b20-11-. The Bertz CT molecular complexity index is 896. The minimum absolute atomic E-state index is 0.199. The fraction of sp³-hybridized carbons (Fsp3) is 0.273. The van der Waals surface area contributed by atoms with Gasteiger partial charge >= 0.3 is 5.97 Å². The third-order valence-corrected chi connectivity index (χ3v) is 3.85. The molecule has 0 spiro atoms. The lowest BCUT2D eigenvalue weighted by atomic mass is 10.1. The Morgan fingerprint density at radius 2 is 1.79 bits per heavy atom. The maximum atomic E-state index is 12.5. The van der Waals surface area contributed by atoms with E-state index in [1.807, 2.05) is 31.2 Å². The molecule has 6 heteroatoms. The first-order valence-electron chi connectivity index (χ1n) is 9.09. The quantitative estimate of drug-likeness (QED) is 0.532. The minimum atomic E-state index is -0.455. The first-order valence-corrected chi connectivity index (χ1v) is 9.09. The summed E-state index contributed by atoms with van der Waals surface area (Å²) in [4.78, 5) is 24.1. The molecule has 3 rings (SSSR count). The Morgan fingerprint density at radius 3 is 2.46 bits per heavy atom. The number of rotatable bonds is 7. The van der Waals surface area contributed by atoms with Crippen LogP contribution in [0, 0.1) is 0 Å². The predicted molar refractivity (Wildman–Crippen MR) is 104 cm³/mol. The van der Waals surface area contributed by atoms with Crippen molar-refractivity contribution in [1.29, 1.82) is 0 Å². The number of fused-ring (bicyclic) bond motifs is 1. The number of carbonyl (C=O) groups excluding carboxylic acids is 2. The second kappa shape index (κ2) is 8.61. The van der Waals surface area contributed by atoms with E-state index < -0.39 is 5.97 Å². The van der Waals surface area contributed by atoms with Gasteiger partial charge in [-0.1, -0.05) is 12.1 Å². The Labute approximate surface area is 163 Å². The second-order valence-electron chi connectivity index (χ2n) is 6.43. The number of ether oxygens (including phenoxy) is 4. The zero-order valence-corrected chi connectivity index (χ0v) is 16.1. The highest BCUT2D eigenvalue weighted by Gasteiger charge is 2.27. The van der Waals surface area contributed by atoms with Crippen LogP contribution in [-0.4, -0.2) is 31.1 Å². The summed E-state index contributed by atoms with van der Waals surface area (Å²) in [6, 6.07) is 12.2. The lowest BCUT2D eigenvalue weighted by Crippen LogP contribution is -2.18. The summed E-state index contributed by atoms with van der Waals surface area (Å²) in [5.74, 6) is 1.17. The van der Waals surface area contributed by atoms with Gasteiger partial charge in [-0.05, 0) is 56.7 Å². The highest BCUT2D eigenvalue weighted by atomic mass is 16.6. The molecule has 28 heavy (non-hydrogen) atoms. The number of Topliss-reactive ketones (excluding diaryl/α,β-unsaturated/α-hetero) is 1. The van der Waals surface area contributed by atoms with E-state index in [4.69, 9.17) is 18.9 Å². The normalized spacial score (nSPS) is 14.0. The molecular weight excluding hydrogens is 360 g/mol. The summed E-state index contributed by atoms with van der Waals surface area (Å²) in [5.41, 5.74) is 1.28. The van der Waals surface area contributed by atoms with Crippen LogP contribution in [0.5, 0.6) is 17.2 Å². The molecule has 0 radical (unpaired) electrons. The molecule has 146 valence electrons. The van der Waals surface area contributed by atoms with Crippen LogP contribution >= 0.6 is 0 Å². The van der Waals surface area contributed by atoms with Crippen molar-refractivity contribution >= 4 is 17.8 Å². The van der Waals surface area contributed by atoms with Crippen molar-refractivity contribution in [1.82, 2.24) is 0 Å². The number of benzene rings is 2. The smallest absolute Gasteiger partial charge is 0.344 e. The van der Waals surface area contributed by atoms with E-state index in [2.05, 4.69) is 0 Å². The zero-order valence-electron chi connectivity index (χ0n) is 16.1. The molecule has 0 bridgehead atoms. The zero-order chi connectivity index (χ0) is 20.1. The van der Waals surface area contributed by atoms with Gasteiger partial charge in [0.1, 0.15) is 17.2 Å². The summed E-state index contributed by atoms with van der Waals surface area (Å²) in [6.07, 6.45) is 1.48. The number of ketones is 1. The van der Waals surface area contributed by atoms with Gasteiger partial charge in [0.05, 0.1) is 18.3 Å². The number of allylic oxidation sites excluding steroid dienone is 1. The molecule has 1 heterocycles. The van der Waals surface area contributed by atoms with Gasteiger partial charge in [-0.3, -0.25) is 4.79 Å². The third-order valence-electron chi connectivity index (χ3n) is 3.85. The topological polar surface area (TPSA) is 71.1 Å². The molecule has 1 aliphatic rings. The van der Waals surface area contributed by atoms with Crippen LogP contribution in [-0.2, 0) is 9.53 Å². The van der Waals surface area contributed by atoms with Crippen molar-refractivity contribution in [3.8, 4) is 17.2 Å². The molecule has 0 aromatic heterocycles. The molecular formula is C22H22O6. The SMILES string of the molecule is CCOc1ccc(/C=C2\Oc3cc(OCC(=O)OC(C)C)ccc3C2=O)cc1. The fourth-order valence-corrected chi connectivity index (χ4v) is 2.67. The van der Waals surface area contributed by atoms with Gasteiger partial charge in [-0.2, -0.15) is 0 Å². The van der Waals surface area contributed by atoms with E-state index in [1.54, 1.807) is 38.1 Å². The summed E-state index contributed by atoms with van der Waals surface area (Å²) < 4.78 is 21.5. The number of hydrogen-bond acceptors (Lipinski definition) is 6. The molecule has 0 N–H and O–H groups in total. The predicted octanol–water partition coefficient (Wildman–Crippen LogP) is 4.03. The van der Waals surface area contributed by atoms with E-state index in [1.165, 1.54) is 0 Å². The number of hydrogen-bond donors (Lipinski definition) is 0.